The van der Waals surface area contributed by atoms with Crippen molar-refractivity contribution in [2.24, 2.45) is 17.8 Å². The maximum absolute atomic E-state index is 12.0. The highest BCUT2D eigenvalue weighted by molar-refractivity contribution is 5.93. The molecule has 2 atom stereocenters. The molecule has 3 heteroatoms. The van der Waals surface area contributed by atoms with Gasteiger partial charge in [-0.1, -0.05) is 0 Å². The van der Waals surface area contributed by atoms with Crippen molar-refractivity contribution >= 4 is 17.9 Å². The number of hydrogen-bond donors (Lipinski definition) is 1. The first-order valence-corrected chi connectivity index (χ1v) is 6.12. The lowest BCUT2D eigenvalue weighted by Crippen LogP contribution is -2.21. The third kappa shape index (κ3) is 2.09. The van der Waals surface area contributed by atoms with Gasteiger partial charge in [0, 0.05) is 17.2 Å². The Hall–Kier alpha value is -1.64. The summed E-state index contributed by atoms with van der Waals surface area (Å²) in [6.45, 7) is 0. The molecule has 1 aromatic rings. The summed E-state index contributed by atoms with van der Waals surface area (Å²) in [4.78, 5) is 22.5. The number of anilines is 1. The maximum atomic E-state index is 12.0. The normalized spacial score (nSPS) is 29.5. The minimum absolute atomic E-state index is 0.135. The molecule has 2 aliphatic carbocycles. The molecule has 0 radical (unpaired) electrons. The fraction of sp³-hybridized carbons (Fsp3) is 0.429. The Kier molecular flexibility index (Phi) is 2.46. The molecule has 0 aromatic heterocycles. The van der Waals surface area contributed by atoms with Gasteiger partial charge in [-0.25, -0.2) is 0 Å². The fourth-order valence-corrected chi connectivity index (χ4v) is 2.82. The second-order valence-corrected chi connectivity index (χ2v) is 5.15. The van der Waals surface area contributed by atoms with E-state index in [4.69, 9.17) is 0 Å². The quantitative estimate of drug-likeness (QED) is 0.809. The Morgan fingerprint density at radius 1 is 1.12 bits per heavy atom. The number of fused-ring (bicyclic) bond motifs is 1. The summed E-state index contributed by atoms with van der Waals surface area (Å²) in [5.41, 5.74) is 1.41. The molecular weight excluding hydrogens is 214 g/mol. The van der Waals surface area contributed by atoms with Gasteiger partial charge in [0.1, 0.15) is 6.29 Å². The van der Waals surface area contributed by atoms with Crippen LogP contribution in [0.4, 0.5) is 5.69 Å². The number of rotatable bonds is 3. The summed E-state index contributed by atoms with van der Waals surface area (Å²) in [6.07, 6.45) is 4.25. The van der Waals surface area contributed by atoms with Crippen LogP contribution in [0.1, 0.15) is 29.6 Å². The van der Waals surface area contributed by atoms with Crippen LogP contribution in [0.25, 0.3) is 0 Å². The summed E-state index contributed by atoms with van der Waals surface area (Å²) >= 11 is 0. The van der Waals surface area contributed by atoms with Crippen molar-refractivity contribution in [1.29, 1.82) is 0 Å². The van der Waals surface area contributed by atoms with Gasteiger partial charge in [0.05, 0.1) is 0 Å². The molecule has 2 fully saturated rings. The predicted octanol–water partition coefficient (Wildman–Crippen LogP) is 2.48. The zero-order valence-electron chi connectivity index (χ0n) is 9.56. The van der Waals surface area contributed by atoms with Crippen LogP contribution in [-0.2, 0) is 4.79 Å². The molecule has 2 saturated carbocycles. The van der Waals surface area contributed by atoms with Crippen LogP contribution in [0.15, 0.2) is 24.3 Å². The summed E-state index contributed by atoms with van der Waals surface area (Å²) in [6, 6.07) is 6.98. The number of carbonyl (C=O) groups excluding carboxylic acids is 2. The van der Waals surface area contributed by atoms with Gasteiger partial charge in [-0.05, 0) is 55.4 Å². The van der Waals surface area contributed by atoms with Crippen molar-refractivity contribution in [2.45, 2.75) is 19.3 Å². The standard InChI is InChI=1S/C14H15NO2/c16-8-9-1-3-13(4-2-9)15-14(17)12-6-10-5-11(10)7-12/h1-4,8,10-12H,5-7H2,(H,15,17). The molecule has 3 nitrogen and oxygen atoms in total. The Morgan fingerprint density at radius 3 is 2.35 bits per heavy atom. The van der Waals surface area contributed by atoms with Crippen LogP contribution >= 0.6 is 0 Å². The molecule has 17 heavy (non-hydrogen) atoms. The number of aldehydes is 1. The first-order valence-electron chi connectivity index (χ1n) is 6.12. The lowest BCUT2D eigenvalue weighted by molar-refractivity contribution is -0.120. The van der Waals surface area contributed by atoms with Crippen molar-refractivity contribution in [1.82, 2.24) is 0 Å². The highest BCUT2D eigenvalue weighted by Gasteiger charge is 2.47. The maximum Gasteiger partial charge on any atom is 0.227 e. The van der Waals surface area contributed by atoms with Crippen molar-refractivity contribution in [3.63, 3.8) is 0 Å². The second kappa shape index (κ2) is 3.99. The minimum atomic E-state index is 0.135. The second-order valence-electron chi connectivity index (χ2n) is 5.15. The Morgan fingerprint density at radius 2 is 1.76 bits per heavy atom. The molecule has 2 unspecified atom stereocenters. The Labute approximate surface area is 100 Å². The van der Waals surface area contributed by atoms with E-state index in [-0.39, 0.29) is 11.8 Å². The molecule has 0 spiro atoms. The van der Waals surface area contributed by atoms with E-state index in [9.17, 15) is 9.59 Å². The van der Waals surface area contributed by atoms with Crippen molar-refractivity contribution < 1.29 is 9.59 Å². The monoisotopic (exact) mass is 229 g/mol. The average molecular weight is 229 g/mol. The first kappa shape index (κ1) is 10.5. The largest absolute Gasteiger partial charge is 0.326 e. The summed E-state index contributed by atoms with van der Waals surface area (Å²) in [7, 11) is 0. The molecule has 0 aliphatic heterocycles. The Balaban J connectivity index is 1.61. The molecule has 0 bridgehead atoms. The Bertz CT molecular complexity index is 442. The third-order valence-corrected chi connectivity index (χ3v) is 3.93. The summed E-state index contributed by atoms with van der Waals surface area (Å²) < 4.78 is 0. The van der Waals surface area contributed by atoms with Gasteiger partial charge in [-0.2, -0.15) is 0 Å². The van der Waals surface area contributed by atoms with Gasteiger partial charge < -0.3 is 5.32 Å². The minimum Gasteiger partial charge on any atom is -0.326 e. The lowest BCUT2D eigenvalue weighted by atomic mass is 10.0. The number of nitrogens with one attached hydrogen (secondary N) is 1. The molecular formula is C14H15NO2. The third-order valence-electron chi connectivity index (χ3n) is 3.93. The van der Waals surface area contributed by atoms with Crippen LogP contribution in [0.2, 0.25) is 0 Å². The van der Waals surface area contributed by atoms with Crippen LogP contribution in [-0.4, -0.2) is 12.2 Å². The number of amides is 1. The number of carbonyl (C=O) groups is 2. The van der Waals surface area contributed by atoms with E-state index < -0.39 is 0 Å². The molecule has 1 amide bonds. The van der Waals surface area contributed by atoms with E-state index in [1.807, 2.05) is 0 Å². The van der Waals surface area contributed by atoms with Crippen LogP contribution in [0.5, 0.6) is 0 Å². The molecule has 0 heterocycles. The zero-order chi connectivity index (χ0) is 11.8. The molecule has 3 rings (SSSR count). The smallest absolute Gasteiger partial charge is 0.227 e. The zero-order valence-corrected chi connectivity index (χ0v) is 9.56. The first-order chi connectivity index (χ1) is 8.26. The van der Waals surface area contributed by atoms with Gasteiger partial charge in [-0.15, -0.1) is 0 Å². The molecule has 88 valence electrons. The summed E-state index contributed by atoms with van der Waals surface area (Å²) in [5, 5.41) is 2.92. The van der Waals surface area contributed by atoms with Crippen molar-refractivity contribution in [3.05, 3.63) is 29.8 Å². The van der Waals surface area contributed by atoms with Gasteiger partial charge in [0.15, 0.2) is 0 Å². The number of benzene rings is 1. The average Bonchev–Trinajstić information content (AvgIpc) is 2.97. The van der Waals surface area contributed by atoms with E-state index in [1.165, 1.54) is 6.42 Å². The molecule has 1 N–H and O–H groups in total. The number of hydrogen-bond acceptors (Lipinski definition) is 2. The highest BCUT2D eigenvalue weighted by Crippen LogP contribution is 2.54. The van der Waals surface area contributed by atoms with E-state index in [0.29, 0.717) is 5.56 Å². The molecule has 0 saturated heterocycles. The highest BCUT2D eigenvalue weighted by atomic mass is 16.1. The van der Waals surface area contributed by atoms with E-state index in [0.717, 1.165) is 36.7 Å². The molecule has 2 aliphatic rings. The van der Waals surface area contributed by atoms with Crippen molar-refractivity contribution in [3.8, 4) is 0 Å². The van der Waals surface area contributed by atoms with Crippen molar-refractivity contribution in [2.75, 3.05) is 5.32 Å². The van der Waals surface area contributed by atoms with Crippen LogP contribution in [0.3, 0.4) is 0 Å². The van der Waals surface area contributed by atoms with Crippen LogP contribution < -0.4 is 5.32 Å². The topological polar surface area (TPSA) is 46.2 Å². The SMILES string of the molecule is O=Cc1ccc(NC(=O)C2CC3CC3C2)cc1. The van der Waals surface area contributed by atoms with E-state index >= 15 is 0 Å². The predicted molar refractivity (Wildman–Crippen MR) is 64.8 cm³/mol. The van der Waals surface area contributed by atoms with Gasteiger partial charge in [0.2, 0.25) is 5.91 Å². The fourth-order valence-electron chi connectivity index (χ4n) is 2.82. The van der Waals surface area contributed by atoms with Gasteiger partial charge in [0.25, 0.3) is 0 Å². The lowest BCUT2D eigenvalue weighted by Gasteiger charge is -2.12. The van der Waals surface area contributed by atoms with E-state index in [1.54, 1.807) is 24.3 Å². The van der Waals surface area contributed by atoms with E-state index in [2.05, 4.69) is 5.32 Å². The summed E-state index contributed by atoms with van der Waals surface area (Å²) in [5.74, 6) is 1.98. The molecule has 1 aromatic carbocycles. The van der Waals surface area contributed by atoms with Gasteiger partial charge >= 0.3 is 0 Å². The van der Waals surface area contributed by atoms with Crippen LogP contribution in [0, 0.1) is 17.8 Å². The van der Waals surface area contributed by atoms with Gasteiger partial charge in [-0.3, -0.25) is 9.59 Å².